The molecule has 3 N–H and O–H groups in total. The summed E-state index contributed by atoms with van der Waals surface area (Å²) >= 11 is 0. The molecule has 1 aromatic rings. The maximum Gasteiger partial charge on any atom is 0.337 e. The van der Waals surface area contributed by atoms with Crippen molar-refractivity contribution < 1.29 is 9.90 Å². The maximum atomic E-state index is 11.3. The van der Waals surface area contributed by atoms with E-state index < -0.39 is 5.97 Å². The van der Waals surface area contributed by atoms with E-state index in [1.165, 1.54) is 25.7 Å². The van der Waals surface area contributed by atoms with Crippen molar-refractivity contribution in [3.8, 4) is 0 Å². The van der Waals surface area contributed by atoms with Gasteiger partial charge in [0.1, 0.15) is 0 Å². The number of carboxylic acid groups (broad SMARTS) is 1. The highest BCUT2D eigenvalue weighted by atomic mass is 16.4. The number of hydrogen-bond acceptors (Lipinski definition) is 3. The van der Waals surface area contributed by atoms with Gasteiger partial charge >= 0.3 is 5.97 Å². The summed E-state index contributed by atoms with van der Waals surface area (Å²) < 4.78 is 0. The van der Waals surface area contributed by atoms with Crippen LogP contribution in [0.3, 0.4) is 0 Å². The Morgan fingerprint density at radius 1 is 1.40 bits per heavy atom. The lowest BCUT2D eigenvalue weighted by Crippen LogP contribution is -2.34. The predicted molar refractivity (Wildman–Crippen MR) is 82.4 cm³/mol. The molecule has 0 saturated carbocycles. The van der Waals surface area contributed by atoms with Gasteiger partial charge in [-0.1, -0.05) is 19.8 Å². The fourth-order valence-corrected chi connectivity index (χ4v) is 3.06. The maximum absolute atomic E-state index is 11.3. The van der Waals surface area contributed by atoms with Crippen molar-refractivity contribution >= 4 is 17.3 Å². The van der Waals surface area contributed by atoms with Crippen molar-refractivity contribution in [3.63, 3.8) is 0 Å². The van der Waals surface area contributed by atoms with Crippen LogP contribution in [0, 0.1) is 6.92 Å². The minimum Gasteiger partial charge on any atom is -0.478 e. The van der Waals surface area contributed by atoms with Crippen LogP contribution in [-0.2, 0) is 0 Å². The van der Waals surface area contributed by atoms with E-state index >= 15 is 0 Å². The normalized spacial score (nSPS) is 19.7. The van der Waals surface area contributed by atoms with Crippen LogP contribution in [0.25, 0.3) is 0 Å². The molecule has 1 atom stereocenters. The van der Waals surface area contributed by atoms with Crippen molar-refractivity contribution in [1.29, 1.82) is 0 Å². The molecule has 0 bridgehead atoms. The number of benzene rings is 1. The molecule has 110 valence electrons. The summed E-state index contributed by atoms with van der Waals surface area (Å²) in [5.74, 6) is -0.949. The fourth-order valence-electron chi connectivity index (χ4n) is 3.06. The van der Waals surface area contributed by atoms with Gasteiger partial charge in [-0.25, -0.2) is 4.79 Å². The van der Waals surface area contributed by atoms with Gasteiger partial charge in [0.2, 0.25) is 0 Å². The van der Waals surface area contributed by atoms with Gasteiger partial charge in [-0.3, -0.25) is 0 Å². The molecule has 1 aromatic carbocycles. The molecule has 0 spiro atoms. The SMILES string of the molecule is CCC1CCCCCN1c1cc(C)c(N)c(C(=O)O)c1. The second kappa shape index (κ2) is 6.16. The van der Waals surface area contributed by atoms with E-state index in [0.29, 0.717) is 11.7 Å². The zero-order valence-electron chi connectivity index (χ0n) is 12.4. The number of aryl methyl sites for hydroxylation is 1. The largest absolute Gasteiger partial charge is 0.478 e. The minimum absolute atomic E-state index is 0.221. The molecule has 4 nitrogen and oxygen atoms in total. The molecule has 1 heterocycles. The third kappa shape index (κ3) is 2.89. The number of aromatic carboxylic acids is 1. The molecule has 1 unspecified atom stereocenters. The van der Waals surface area contributed by atoms with Crippen LogP contribution in [0.4, 0.5) is 11.4 Å². The molecule has 0 aliphatic carbocycles. The number of carbonyl (C=O) groups is 1. The summed E-state index contributed by atoms with van der Waals surface area (Å²) in [5.41, 5.74) is 8.33. The average Bonchev–Trinajstić information content (AvgIpc) is 2.66. The number of anilines is 2. The Kier molecular flexibility index (Phi) is 4.53. The first-order valence-corrected chi connectivity index (χ1v) is 7.44. The topological polar surface area (TPSA) is 66.6 Å². The van der Waals surface area contributed by atoms with E-state index in [-0.39, 0.29) is 5.56 Å². The minimum atomic E-state index is -0.949. The summed E-state index contributed by atoms with van der Waals surface area (Å²) in [7, 11) is 0. The van der Waals surface area contributed by atoms with Crippen LogP contribution in [-0.4, -0.2) is 23.7 Å². The lowest BCUT2D eigenvalue weighted by molar-refractivity contribution is 0.0698. The van der Waals surface area contributed by atoms with E-state index in [4.69, 9.17) is 5.73 Å². The van der Waals surface area contributed by atoms with Gasteiger partial charge in [0, 0.05) is 24.0 Å². The number of hydrogen-bond donors (Lipinski definition) is 2. The van der Waals surface area contributed by atoms with Crippen molar-refractivity contribution in [2.45, 2.75) is 52.0 Å². The highest BCUT2D eigenvalue weighted by molar-refractivity contribution is 5.95. The molecule has 0 aromatic heterocycles. The monoisotopic (exact) mass is 276 g/mol. The molecule has 4 heteroatoms. The lowest BCUT2D eigenvalue weighted by atomic mass is 10.0. The Morgan fingerprint density at radius 2 is 2.15 bits per heavy atom. The fraction of sp³-hybridized carbons (Fsp3) is 0.562. The zero-order chi connectivity index (χ0) is 14.7. The second-order valence-corrected chi connectivity index (χ2v) is 5.63. The van der Waals surface area contributed by atoms with E-state index in [9.17, 15) is 9.90 Å². The molecule has 1 fully saturated rings. The molecule has 1 aliphatic rings. The van der Waals surface area contributed by atoms with Crippen LogP contribution in [0.2, 0.25) is 0 Å². The Morgan fingerprint density at radius 3 is 2.80 bits per heavy atom. The molecular weight excluding hydrogens is 252 g/mol. The summed E-state index contributed by atoms with van der Waals surface area (Å²) in [6.45, 7) is 5.08. The molecule has 1 saturated heterocycles. The van der Waals surface area contributed by atoms with Crippen LogP contribution in [0.1, 0.15) is 54.9 Å². The van der Waals surface area contributed by atoms with E-state index in [1.54, 1.807) is 6.07 Å². The van der Waals surface area contributed by atoms with Gasteiger partial charge < -0.3 is 15.7 Å². The standard InChI is InChI=1S/C16H24N2O2/c1-3-12-7-5-4-6-8-18(12)13-9-11(2)15(17)14(10-13)16(19)20/h9-10,12H,3-8,17H2,1-2H3,(H,19,20). The molecule has 0 radical (unpaired) electrons. The number of rotatable bonds is 3. The zero-order valence-corrected chi connectivity index (χ0v) is 12.4. The van der Waals surface area contributed by atoms with Gasteiger partial charge in [0.25, 0.3) is 0 Å². The third-order valence-electron chi connectivity index (χ3n) is 4.28. The Labute approximate surface area is 120 Å². The van der Waals surface area contributed by atoms with Crippen LogP contribution in [0.5, 0.6) is 0 Å². The number of nitrogens with zero attached hydrogens (tertiary/aromatic N) is 1. The molecule has 2 rings (SSSR count). The Balaban J connectivity index is 2.42. The average molecular weight is 276 g/mol. The molecular formula is C16H24N2O2. The van der Waals surface area contributed by atoms with Gasteiger partial charge in [-0.15, -0.1) is 0 Å². The van der Waals surface area contributed by atoms with Gasteiger partial charge in [-0.2, -0.15) is 0 Å². The highest BCUT2D eigenvalue weighted by Crippen LogP contribution is 2.30. The third-order valence-corrected chi connectivity index (χ3v) is 4.28. The second-order valence-electron chi connectivity index (χ2n) is 5.63. The summed E-state index contributed by atoms with van der Waals surface area (Å²) in [5, 5.41) is 9.29. The Hall–Kier alpha value is -1.71. The van der Waals surface area contributed by atoms with Crippen LogP contribution >= 0.6 is 0 Å². The van der Waals surface area contributed by atoms with Crippen molar-refractivity contribution in [2.75, 3.05) is 17.2 Å². The van der Waals surface area contributed by atoms with E-state index in [0.717, 1.165) is 24.2 Å². The van der Waals surface area contributed by atoms with Crippen LogP contribution < -0.4 is 10.6 Å². The number of nitrogen functional groups attached to an aromatic ring is 1. The first kappa shape index (κ1) is 14.7. The smallest absolute Gasteiger partial charge is 0.337 e. The van der Waals surface area contributed by atoms with Gasteiger partial charge in [0.15, 0.2) is 0 Å². The molecule has 1 aliphatic heterocycles. The first-order chi connectivity index (χ1) is 9.54. The Bertz CT molecular complexity index is 499. The lowest BCUT2D eigenvalue weighted by Gasteiger charge is -2.32. The summed E-state index contributed by atoms with van der Waals surface area (Å²) in [6.07, 6.45) is 5.96. The first-order valence-electron chi connectivity index (χ1n) is 7.44. The summed E-state index contributed by atoms with van der Waals surface area (Å²) in [4.78, 5) is 13.7. The van der Waals surface area contributed by atoms with Crippen molar-refractivity contribution in [3.05, 3.63) is 23.3 Å². The van der Waals surface area contributed by atoms with Crippen LogP contribution in [0.15, 0.2) is 12.1 Å². The highest BCUT2D eigenvalue weighted by Gasteiger charge is 2.22. The van der Waals surface area contributed by atoms with Gasteiger partial charge in [-0.05, 0) is 43.9 Å². The van der Waals surface area contributed by atoms with Crippen molar-refractivity contribution in [2.24, 2.45) is 0 Å². The van der Waals surface area contributed by atoms with Crippen molar-refractivity contribution in [1.82, 2.24) is 0 Å². The number of nitrogens with two attached hydrogens (primary N) is 1. The summed E-state index contributed by atoms with van der Waals surface area (Å²) in [6, 6.07) is 4.26. The quantitative estimate of drug-likeness (QED) is 0.830. The van der Waals surface area contributed by atoms with Gasteiger partial charge in [0.05, 0.1) is 5.56 Å². The molecule has 20 heavy (non-hydrogen) atoms. The number of carboxylic acids is 1. The molecule has 0 amide bonds. The van der Waals surface area contributed by atoms with E-state index in [1.807, 2.05) is 13.0 Å². The van der Waals surface area contributed by atoms with E-state index in [2.05, 4.69) is 11.8 Å². The predicted octanol–water partition coefficient (Wildman–Crippen LogP) is 3.43.